The first-order valence-corrected chi connectivity index (χ1v) is 22.3. The van der Waals surface area contributed by atoms with E-state index in [1.807, 2.05) is 18.2 Å². The van der Waals surface area contributed by atoms with Gasteiger partial charge in [-0.1, -0.05) is 12.1 Å². The molecule has 2 saturated carbocycles. The lowest BCUT2D eigenvalue weighted by molar-refractivity contribution is -0.132. The summed E-state index contributed by atoms with van der Waals surface area (Å²) in [6.45, 7) is 8.53. The predicted octanol–water partition coefficient (Wildman–Crippen LogP) is 4.97. The SMILES string of the molecule is Cn1c(=O)n(C2CCC(=O)CC2=O)c2cccc(CN3CC4(CCN(CC5CCC(n6cc(CC(=O)c7cnn8ccc(N9CCOCC9)nc78)c(C(F)F)n6)CC5)CC4)C3)c21. The minimum absolute atomic E-state index is 0.0140. The van der Waals surface area contributed by atoms with E-state index in [0.29, 0.717) is 61.7 Å². The first-order chi connectivity index (χ1) is 30.0. The second kappa shape index (κ2) is 16.5. The van der Waals surface area contributed by atoms with Crippen molar-refractivity contribution in [3.63, 3.8) is 0 Å². The number of piperidine rings is 1. The van der Waals surface area contributed by atoms with Crippen LogP contribution in [0.1, 0.15) is 103 Å². The Kier molecular flexibility index (Phi) is 10.9. The molecule has 7 heterocycles. The van der Waals surface area contributed by atoms with Gasteiger partial charge in [0.15, 0.2) is 17.2 Å². The summed E-state index contributed by atoms with van der Waals surface area (Å²) in [5, 5.41) is 8.67. The number of para-hydroxylation sites is 1. The van der Waals surface area contributed by atoms with E-state index in [0.717, 1.165) is 100 Å². The third-order valence-corrected chi connectivity index (χ3v) is 14.5. The average Bonchev–Trinajstić information content (AvgIpc) is 3.96. The summed E-state index contributed by atoms with van der Waals surface area (Å²) in [5.74, 6) is 0.716. The molecule has 5 aliphatic rings. The Balaban J connectivity index is 0.713. The van der Waals surface area contributed by atoms with Gasteiger partial charge in [-0.25, -0.2) is 23.1 Å². The number of hydrogen-bond acceptors (Lipinski definition) is 11. The van der Waals surface area contributed by atoms with Crippen molar-refractivity contribution in [2.75, 3.05) is 63.9 Å². The molecule has 0 amide bonds. The van der Waals surface area contributed by atoms with Crippen LogP contribution in [-0.2, 0) is 34.3 Å². The number of likely N-dealkylation sites (tertiary alicyclic amines) is 2. The molecular weight excluding hydrogens is 799 g/mol. The quantitative estimate of drug-likeness (QED) is 0.131. The monoisotopic (exact) mass is 852 g/mol. The third kappa shape index (κ3) is 7.69. The third-order valence-electron chi connectivity index (χ3n) is 14.5. The summed E-state index contributed by atoms with van der Waals surface area (Å²) in [6, 6.07) is 7.23. The minimum Gasteiger partial charge on any atom is -0.378 e. The van der Waals surface area contributed by atoms with Crippen LogP contribution < -0.4 is 10.6 Å². The number of aromatic nitrogens is 7. The summed E-state index contributed by atoms with van der Waals surface area (Å²) >= 11 is 0. The predicted molar refractivity (Wildman–Crippen MR) is 226 cm³/mol. The van der Waals surface area contributed by atoms with Crippen molar-refractivity contribution in [1.82, 2.24) is 43.3 Å². The van der Waals surface area contributed by atoms with Crippen molar-refractivity contribution in [2.45, 2.75) is 89.3 Å². The number of carbonyl (C=O) groups is 3. The number of alkyl halides is 2. The highest BCUT2D eigenvalue weighted by molar-refractivity contribution is 6.04. The molecule has 0 N–H and O–H groups in total. The van der Waals surface area contributed by atoms with Gasteiger partial charge in [-0.05, 0) is 87.1 Å². The molecule has 10 rings (SSSR count). The van der Waals surface area contributed by atoms with Crippen LogP contribution in [0.4, 0.5) is 14.6 Å². The molecule has 4 aromatic heterocycles. The number of Topliss-reactive ketones (excluding diaryl/α,β-unsaturated/α-hetero) is 3. The van der Waals surface area contributed by atoms with Gasteiger partial charge in [0.2, 0.25) is 0 Å². The molecule has 1 aromatic carbocycles. The summed E-state index contributed by atoms with van der Waals surface area (Å²) in [6.07, 6.45) is 8.50. The molecule has 5 fully saturated rings. The Morgan fingerprint density at radius 1 is 0.952 bits per heavy atom. The van der Waals surface area contributed by atoms with E-state index in [2.05, 4.69) is 31.0 Å². The molecule has 1 unspecified atom stereocenters. The van der Waals surface area contributed by atoms with Crippen molar-refractivity contribution in [2.24, 2.45) is 18.4 Å². The number of ketones is 3. The number of anilines is 1. The second-order valence-corrected chi connectivity index (χ2v) is 18.5. The van der Waals surface area contributed by atoms with Crippen LogP contribution in [0.15, 0.2) is 47.7 Å². The highest BCUT2D eigenvalue weighted by atomic mass is 19.3. The lowest BCUT2D eigenvalue weighted by atomic mass is 9.71. The van der Waals surface area contributed by atoms with Gasteiger partial charge < -0.3 is 14.5 Å². The van der Waals surface area contributed by atoms with Crippen LogP contribution >= 0.6 is 0 Å². The molecule has 0 bridgehead atoms. The van der Waals surface area contributed by atoms with E-state index < -0.39 is 12.5 Å². The number of fused-ring (bicyclic) bond motifs is 2. The van der Waals surface area contributed by atoms with Crippen LogP contribution in [-0.4, -0.2) is 120 Å². The number of aryl methyl sites for hydroxylation is 1. The van der Waals surface area contributed by atoms with Gasteiger partial charge in [0.1, 0.15) is 17.3 Å². The molecule has 62 heavy (non-hydrogen) atoms. The Morgan fingerprint density at radius 3 is 2.47 bits per heavy atom. The largest absolute Gasteiger partial charge is 0.378 e. The standard InChI is InChI=1S/C45H54F2N10O5/c1-51-41-30(3-2-4-36(41)57(44(51)61)35-10-9-33(58)22-38(35)60)25-53-27-45(28-53)12-15-52(16-13-45)24-29-5-7-32(8-6-29)56-26-31(40(50-56)42(46)47)21-37(59)34-23-48-55-14-11-39(49-43(34)55)54-17-19-62-20-18-54/h2-4,11,14,23,26,29,32,35,42H,5-10,12-13,15-22,24-25,27-28H2,1H3. The smallest absolute Gasteiger partial charge is 0.329 e. The number of hydrogen-bond donors (Lipinski definition) is 0. The molecule has 5 aromatic rings. The molecule has 17 heteroatoms. The zero-order chi connectivity index (χ0) is 42.7. The van der Waals surface area contributed by atoms with Crippen molar-refractivity contribution in [3.05, 3.63) is 75.7 Å². The molecule has 0 radical (unpaired) electrons. The van der Waals surface area contributed by atoms with Crippen LogP contribution in [0.2, 0.25) is 0 Å². The van der Waals surface area contributed by atoms with Crippen molar-refractivity contribution in [3.8, 4) is 0 Å². The summed E-state index contributed by atoms with van der Waals surface area (Å²) in [4.78, 5) is 63.6. The van der Waals surface area contributed by atoms with Gasteiger partial charge in [0.25, 0.3) is 6.43 Å². The molecule has 1 atom stereocenters. The number of rotatable bonds is 11. The van der Waals surface area contributed by atoms with E-state index in [1.165, 1.54) is 6.20 Å². The molecule has 3 saturated heterocycles. The van der Waals surface area contributed by atoms with Gasteiger partial charge in [0, 0.05) is 77.1 Å². The van der Waals surface area contributed by atoms with E-state index in [4.69, 9.17) is 9.72 Å². The van der Waals surface area contributed by atoms with E-state index in [-0.39, 0.29) is 53.2 Å². The fourth-order valence-electron chi connectivity index (χ4n) is 11.1. The van der Waals surface area contributed by atoms with Gasteiger partial charge in [0.05, 0.1) is 54.5 Å². The first-order valence-electron chi connectivity index (χ1n) is 22.3. The molecule has 15 nitrogen and oxygen atoms in total. The normalized spacial score (nSPS) is 23.9. The Labute approximate surface area is 357 Å². The fraction of sp³-hybridized carbons (Fsp3) is 0.578. The second-order valence-electron chi connectivity index (χ2n) is 18.5. The van der Waals surface area contributed by atoms with E-state index in [9.17, 15) is 28.0 Å². The molecular formula is C45H54F2N10O5. The maximum atomic E-state index is 14.3. The summed E-state index contributed by atoms with van der Waals surface area (Å²) in [7, 11) is 1.77. The molecule has 1 spiro atoms. The number of carbonyl (C=O) groups excluding carboxylic acids is 3. The topological polar surface area (TPSA) is 145 Å². The van der Waals surface area contributed by atoms with Gasteiger partial charge in [-0.3, -0.25) is 33.1 Å². The van der Waals surface area contributed by atoms with E-state index >= 15 is 0 Å². The highest BCUT2D eigenvalue weighted by Gasteiger charge is 2.45. The van der Waals surface area contributed by atoms with Crippen molar-refractivity contribution >= 4 is 39.8 Å². The molecule has 3 aliphatic heterocycles. The maximum absolute atomic E-state index is 14.3. The zero-order valence-corrected chi connectivity index (χ0v) is 35.3. The van der Waals surface area contributed by atoms with Crippen LogP contribution in [0.25, 0.3) is 16.7 Å². The Bertz CT molecular complexity index is 2570. The van der Waals surface area contributed by atoms with Crippen molar-refractivity contribution < 1.29 is 27.9 Å². The average molecular weight is 853 g/mol. The minimum atomic E-state index is -2.79. The first kappa shape index (κ1) is 40.9. The van der Waals surface area contributed by atoms with Gasteiger partial charge >= 0.3 is 5.69 Å². The Hall–Kier alpha value is -5.13. The number of morpholine rings is 1. The summed E-state index contributed by atoms with van der Waals surface area (Å²) in [5.41, 5.74) is 3.42. The van der Waals surface area contributed by atoms with Crippen LogP contribution in [0, 0.1) is 11.3 Å². The number of nitrogens with zero attached hydrogens (tertiary/aromatic N) is 10. The van der Waals surface area contributed by atoms with E-state index in [1.54, 1.807) is 37.8 Å². The Morgan fingerprint density at radius 2 is 1.73 bits per heavy atom. The lowest BCUT2D eigenvalue weighted by Gasteiger charge is -2.54. The lowest BCUT2D eigenvalue weighted by Crippen LogP contribution is -2.60. The highest BCUT2D eigenvalue weighted by Crippen LogP contribution is 2.43. The number of benzene rings is 1. The zero-order valence-electron chi connectivity index (χ0n) is 35.3. The number of ether oxygens (including phenoxy) is 1. The fourth-order valence-corrected chi connectivity index (χ4v) is 11.1. The number of imidazole rings is 1. The number of halogens is 2. The maximum Gasteiger partial charge on any atom is 0.329 e. The van der Waals surface area contributed by atoms with Gasteiger partial charge in [-0.2, -0.15) is 10.2 Å². The van der Waals surface area contributed by atoms with Crippen LogP contribution in [0.3, 0.4) is 0 Å². The van der Waals surface area contributed by atoms with Crippen LogP contribution in [0.5, 0.6) is 0 Å². The van der Waals surface area contributed by atoms with Gasteiger partial charge in [-0.15, -0.1) is 0 Å². The molecule has 328 valence electrons. The summed E-state index contributed by atoms with van der Waals surface area (Å²) < 4.78 is 40.6. The molecule has 2 aliphatic carbocycles. The van der Waals surface area contributed by atoms with Crippen molar-refractivity contribution in [1.29, 1.82) is 0 Å².